The van der Waals surface area contributed by atoms with Gasteiger partial charge < -0.3 is 9.26 Å². The minimum absolute atomic E-state index is 0.104. The van der Waals surface area contributed by atoms with E-state index in [2.05, 4.69) is 46.3 Å². The van der Waals surface area contributed by atoms with Crippen molar-refractivity contribution in [2.45, 2.75) is 32.9 Å². The van der Waals surface area contributed by atoms with E-state index in [4.69, 9.17) is 9.26 Å². The van der Waals surface area contributed by atoms with Gasteiger partial charge in [0.2, 0.25) is 0 Å². The molecule has 0 spiro atoms. The number of hydrogen-bond donors (Lipinski definition) is 0. The molecule has 0 unspecified atom stereocenters. The summed E-state index contributed by atoms with van der Waals surface area (Å²) in [6, 6.07) is 10.8. The van der Waals surface area contributed by atoms with Gasteiger partial charge >= 0.3 is 0 Å². The first kappa shape index (κ1) is 17.9. The molecule has 0 bridgehead atoms. The van der Waals surface area contributed by atoms with E-state index in [1.165, 1.54) is 11.1 Å². The molecule has 0 N–H and O–H groups in total. The average Bonchev–Trinajstić information content (AvgIpc) is 3.29. The molecule has 4 rings (SSSR count). The summed E-state index contributed by atoms with van der Waals surface area (Å²) >= 11 is 0. The number of rotatable bonds is 5. The van der Waals surface area contributed by atoms with Crippen LogP contribution < -0.4 is 0 Å². The van der Waals surface area contributed by atoms with Gasteiger partial charge in [0, 0.05) is 37.5 Å². The summed E-state index contributed by atoms with van der Waals surface area (Å²) in [4.78, 5) is 2.36. The third-order valence-electron chi connectivity index (χ3n) is 5.36. The highest BCUT2D eigenvalue weighted by Crippen LogP contribution is 2.26. The molecule has 0 radical (unpaired) electrons. The zero-order valence-electron chi connectivity index (χ0n) is 16.2. The van der Waals surface area contributed by atoms with Crippen LogP contribution in [-0.4, -0.2) is 39.5 Å². The average molecular weight is 366 g/mol. The predicted octanol–water partition coefficient (Wildman–Crippen LogP) is 3.52. The standard InChI is InChI=1S/C21H26N4O2/c1-4-16-5-7-17(8-6-16)21-14-25(9-10-26-21)13-18-11-20(23-27-18)19-12-22-24(3)15(19)2/h5-8,11-12,21H,4,9-10,13-14H2,1-3H3/t21-/m0/s1. The van der Waals surface area contributed by atoms with E-state index in [-0.39, 0.29) is 6.10 Å². The van der Waals surface area contributed by atoms with E-state index < -0.39 is 0 Å². The Labute approximate surface area is 159 Å². The third kappa shape index (κ3) is 3.82. The zero-order valence-corrected chi connectivity index (χ0v) is 16.2. The molecule has 1 aliphatic heterocycles. The van der Waals surface area contributed by atoms with E-state index in [0.717, 1.165) is 55.4 Å². The van der Waals surface area contributed by atoms with Crippen molar-refractivity contribution < 1.29 is 9.26 Å². The molecule has 1 aromatic carbocycles. The van der Waals surface area contributed by atoms with Crippen LogP contribution in [-0.2, 0) is 24.8 Å². The third-order valence-corrected chi connectivity index (χ3v) is 5.36. The molecule has 1 fully saturated rings. The Morgan fingerprint density at radius 1 is 1.22 bits per heavy atom. The lowest BCUT2D eigenvalue weighted by Crippen LogP contribution is -2.37. The molecular weight excluding hydrogens is 340 g/mol. The molecule has 3 heterocycles. The summed E-state index contributed by atoms with van der Waals surface area (Å²) in [5.74, 6) is 0.871. The summed E-state index contributed by atoms with van der Waals surface area (Å²) in [5.41, 5.74) is 5.53. The summed E-state index contributed by atoms with van der Waals surface area (Å²) in [6.07, 6.45) is 3.00. The smallest absolute Gasteiger partial charge is 0.151 e. The second kappa shape index (κ2) is 7.66. The molecule has 0 amide bonds. The fourth-order valence-corrected chi connectivity index (χ4v) is 3.50. The highest BCUT2D eigenvalue weighted by atomic mass is 16.5. The largest absolute Gasteiger partial charge is 0.371 e. The van der Waals surface area contributed by atoms with Crippen LogP contribution in [0.25, 0.3) is 11.3 Å². The Hall–Kier alpha value is -2.44. The molecule has 142 valence electrons. The number of morpholine rings is 1. The van der Waals surface area contributed by atoms with Gasteiger partial charge in [-0.2, -0.15) is 5.10 Å². The first-order valence-electron chi connectivity index (χ1n) is 9.51. The Kier molecular flexibility index (Phi) is 5.09. The molecule has 0 saturated carbocycles. The van der Waals surface area contributed by atoms with Gasteiger partial charge in [0.05, 0.1) is 25.5 Å². The van der Waals surface area contributed by atoms with Crippen LogP contribution >= 0.6 is 0 Å². The Bertz CT molecular complexity index is 897. The molecule has 1 saturated heterocycles. The van der Waals surface area contributed by atoms with Crippen molar-refractivity contribution in [2.24, 2.45) is 7.05 Å². The van der Waals surface area contributed by atoms with Crippen molar-refractivity contribution in [3.8, 4) is 11.3 Å². The fourth-order valence-electron chi connectivity index (χ4n) is 3.50. The van der Waals surface area contributed by atoms with E-state index >= 15 is 0 Å². The molecule has 1 aliphatic rings. The SMILES string of the molecule is CCc1ccc([C@@H]2CN(Cc3cc(-c4cnn(C)c4C)no3)CCO2)cc1. The van der Waals surface area contributed by atoms with Gasteiger partial charge in [0.25, 0.3) is 0 Å². The minimum Gasteiger partial charge on any atom is -0.371 e. The van der Waals surface area contributed by atoms with E-state index in [1.54, 1.807) is 0 Å². The number of hydrogen-bond acceptors (Lipinski definition) is 5. The van der Waals surface area contributed by atoms with Crippen molar-refractivity contribution in [3.05, 3.63) is 59.1 Å². The molecule has 0 aliphatic carbocycles. The monoisotopic (exact) mass is 366 g/mol. The molecule has 3 aromatic rings. The van der Waals surface area contributed by atoms with Gasteiger partial charge in [-0.3, -0.25) is 9.58 Å². The van der Waals surface area contributed by atoms with Crippen LogP contribution in [0.1, 0.15) is 35.6 Å². The van der Waals surface area contributed by atoms with E-state index in [9.17, 15) is 0 Å². The van der Waals surface area contributed by atoms with Crippen LogP contribution in [0, 0.1) is 6.92 Å². The van der Waals surface area contributed by atoms with Crippen molar-refractivity contribution in [2.75, 3.05) is 19.7 Å². The van der Waals surface area contributed by atoms with Gasteiger partial charge in [-0.25, -0.2) is 0 Å². The maximum Gasteiger partial charge on any atom is 0.151 e. The number of benzene rings is 1. The highest BCUT2D eigenvalue weighted by molar-refractivity contribution is 5.60. The lowest BCUT2D eigenvalue weighted by atomic mass is 10.0. The van der Waals surface area contributed by atoms with Crippen LogP contribution in [0.2, 0.25) is 0 Å². The van der Waals surface area contributed by atoms with Gasteiger partial charge in [0.15, 0.2) is 5.76 Å². The fraction of sp³-hybridized carbons (Fsp3) is 0.429. The lowest BCUT2D eigenvalue weighted by Gasteiger charge is -2.32. The Balaban J connectivity index is 1.43. The molecule has 2 aromatic heterocycles. The van der Waals surface area contributed by atoms with Crippen LogP contribution in [0.3, 0.4) is 0 Å². The summed E-state index contributed by atoms with van der Waals surface area (Å²) < 4.78 is 13.4. The predicted molar refractivity (Wildman–Crippen MR) is 103 cm³/mol. The lowest BCUT2D eigenvalue weighted by molar-refractivity contribution is -0.0351. The van der Waals surface area contributed by atoms with Gasteiger partial charge in [-0.1, -0.05) is 36.3 Å². The van der Waals surface area contributed by atoms with Gasteiger partial charge in [-0.05, 0) is 24.5 Å². The van der Waals surface area contributed by atoms with Crippen molar-refractivity contribution in [1.29, 1.82) is 0 Å². The Morgan fingerprint density at radius 3 is 2.74 bits per heavy atom. The quantitative estimate of drug-likeness (QED) is 0.691. The molecular formula is C21H26N4O2. The molecule has 6 heteroatoms. The second-order valence-electron chi connectivity index (χ2n) is 7.14. The number of aromatic nitrogens is 3. The maximum atomic E-state index is 6.00. The van der Waals surface area contributed by atoms with Gasteiger partial charge in [0.1, 0.15) is 5.69 Å². The molecule has 27 heavy (non-hydrogen) atoms. The number of aryl methyl sites for hydroxylation is 2. The Morgan fingerprint density at radius 2 is 2.04 bits per heavy atom. The van der Waals surface area contributed by atoms with Gasteiger partial charge in [-0.15, -0.1) is 0 Å². The summed E-state index contributed by atoms with van der Waals surface area (Å²) in [6.45, 7) is 7.42. The molecule has 1 atom stereocenters. The van der Waals surface area contributed by atoms with Crippen molar-refractivity contribution in [1.82, 2.24) is 19.8 Å². The van der Waals surface area contributed by atoms with Crippen LogP contribution in [0.15, 0.2) is 41.1 Å². The van der Waals surface area contributed by atoms with Crippen LogP contribution in [0.4, 0.5) is 0 Å². The summed E-state index contributed by atoms with van der Waals surface area (Å²) in [7, 11) is 1.93. The first-order chi connectivity index (χ1) is 13.1. The highest BCUT2D eigenvalue weighted by Gasteiger charge is 2.23. The molecule has 6 nitrogen and oxygen atoms in total. The van der Waals surface area contributed by atoms with Crippen molar-refractivity contribution >= 4 is 0 Å². The zero-order chi connectivity index (χ0) is 18.8. The second-order valence-corrected chi connectivity index (χ2v) is 7.14. The van der Waals surface area contributed by atoms with E-state index in [0.29, 0.717) is 0 Å². The number of ether oxygens (including phenoxy) is 1. The maximum absolute atomic E-state index is 6.00. The first-order valence-corrected chi connectivity index (χ1v) is 9.51. The van der Waals surface area contributed by atoms with Crippen molar-refractivity contribution in [3.63, 3.8) is 0 Å². The van der Waals surface area contributed by atoms with E-state index in [1.807, 2.05) is 30.9 Å². The normalized spacial score (nSPS) is 18.1. The van der Waals surface area contributed by atoms with Crippen LogP contribution in [0.5, 0.6) is 0 Å². The summed E-state index contributed by atoms with van der Waals surface area (Å²) in [5, 5.41) is 8.52. The number of nitrogens with zero attached hydrogens (tertiary/aromatic N) is 4. The topological polar surface area (TPSA) is 56.3 Å². The minimum atomic E-state index is 0.104.